The molecule has 3 heterocycles. The van der Waals surface area contributed by atoms with Crippen LogP contribution in [0, 0.1) is 0 Å². The van der Waals surface area contributed by atoms with Crippen LogP contribution in [0.25, 0.3) is 0 Å². The molecule has 21 heavy (non-hydrogen) atoms. The standard InChI is InChI=1S/C15H15N3O3/c1-17(10-12-4-2-9-20-12)15(19)14-6-5-13(21-14)11-18-8-3-7-16-18/h2-9H,10-11H2,1H3. The van der Waals surface area contributed by atoms with Crippen molar-refractivity contribution in [3.8, 4) is 0 Å². The first-order valence-electron chi connectivity index (χ1n) is 6.56. The van der Waals surface area contributed by atoms with Gasteiger partial charge in [0.1, 0.15) is 11.5 Å². The summed E-state index contributed by atoms with van der Waals surface area (Å²) in [4.78, 5) is 13.8. The summed E-state index contributed by atoms with van der Waals surface area (Å²) in [5.41, 5.74) is 0. The van der Waals surface area contributed by atoms with E-state index in [0.717, 1.165) is 5.76 Å². The Bertz CT molecular complexity index is 698. The Hall–Kier alpha value is -2.76. The van der Waals surface area contributed by atoms with Gasteiger partial charge in [0, 0.05) is 19.4 Å². The summed E-state index contributed by atoms with van der Waals surface area (Å²) in [7, 11) is 1.71. The van der Waals surface area contributed by atoms with Crippen molar-refractivity contribution in [2.45, 2.75) is 13.1 Å². The van der Waals surface area contributed by atoms with Crippen LogP contribution in [0.5, 0.6) is 0 Å². The lowest BCUT2D eigenvalue weighted by molar-refractivity contribution is 0.0741. The first kappa shape index (κ1) is 13.2. The lowest BCUT2D eigenvalue weighted by Gasteiger charge is -2.13. The van der Waals surface area contributed by atoms with Crippen molar-refractivity contribution in [1.82, 2.24) is 14.7 Å². The number of amides is 1. The molecule has 3 aromatic rings. The Morgan fingerprint density at radius 1 is 1.29 bits per heavy atom. The molecule has 0 atom stereocenters. The highest BCUT2D eigenvalue weighted by Gasteiger charge is 2.17. The van der Waals surface area contributed by atoms with Gasteiger partial charge in [-0.05, 0) is 30.3 Å². The van der Waals surface area contributed by atoms with Gasteiger partial charge in [-0.3, -0.25) is 9.48 Å². The first-order valence-corrected chi connectivity index (χ1v) is 6.56. The zero-order valence-electron chi connectivity index (χ0n) is 11.6. The molecule has 0 N–H and O–H groups in total. The van der Waals surface area contributed by atoms with Crippen LogP contribution in [-0.4, -0.2) is 27.6 Å². The highest BCUT2D eigenvalue weighted by atomic mass is 16.4. The van der Waals surface area contributed by atoms with E-state index in [9.17, 15) is 4.79 Å². The molecule has 0 aromatic carbocycles. The Balaban J connectivity index is 1.66. The number of carbonyl (C=O) groups excluding carboxylic acids is 1. The third-order valence-electron chi connectivity index (χ3n) is 3.07. The average molecular weight is 285 g/mol. The Morgan fingerprint density at radius 3 is 2.90 bits per heavy atom. The Labute approximate surface area is 121 Å². The summed E-state index contributed by atoms with van der Waals surface area (Å²) in [6, 6.07) is 8.93. The predicted octanol–water partition coefficient (Wildman–Crippen LogP) is 2.39. The van der Waals surface area contributed by atoms with Crippen LogP contribution in [0.4, 0.5) is 0 Å². The molecule has 0 radical (unpaired) electrons. The lowest BCUT2D eigenvalue weighted by Crippen LogP contribution is -2.25. The molecule has 6 heteroatoms. The van der Waals surface area contributed by atoms with Crippen molar-refractivity contribution >= 4 is 5.91 Å². The largest absolute Gasteiger partial charge is 0.467 e. The molecule has 0 aliphatic heterocycles. The summed E-state index contributed by atoms with van der Waals surface area (Å²) in [5.74, 6) is 1.55. The molecular formula is C15H15N3O3. The van der Waals surface area contributed by atoms with E-state index in [1.54, 1.807) is 47.3 Å². The quantitative estimate of drug-likeness (QED) is 0.722. The van der Waals surface area contributed by atoms with Crippen LogP contribution in [0.3, 0.4) is 0 Å². The van der Waals surface area contributed by atoms with Crippen LogP contribution in [-0.2, 0) is 13.1 Å². The zero-order valence-corrected chi connectivity index (χ0v) is 11.6. The smallest absolute Gasteiger partial charge is 0.289 e. The van der Waals surface area contributed by atoms with E-state index in [1.807, 2.05) is 18.3 Å². The third-order valence-corrected chi connectivity index (χ3v) is 3.07. The van der Waals surface area contributed by atoms with Gasteiger partial charge in [-0.1, -0.05) is 0 Å². The van der Waals surface area contributed by atoms with E-state index >= 15 is 0 Å². The molecule has 0 bridgehead atoms. The minimum absolute atomic E-state index is 0.182. The van der Waals surface area contributed by atoms with Crippen molar-refractivity contribution in [2.24, 2.45) is 0 Å². The number of rotatable bonds is 5. The normalized spacial score (nSPS) is 10.7. The van der Waals surface area contributed by atoms with Gasteiger partial charge in [0.25, 0.3) is 5.91 Å². The van der Waals surface area contributed by atoms with E-state index in [1.165, 1.54) is 0 Å². The molecule has 108 valence electrons. The molecule has 0 fully saturated rings. The minimum Gasteiger partial charge on any atom is -0.467 e. The van der Waals surface area contributed by atoms with Gasteiger partial charge in [-0.15, -0.1) is 0 Å². The summed E-state index contributed by atoms with van der Waals surface area (Å²) >= 11 is 0. The molecule has 0 aliphatic rings. The lowest BCUT2D eigenvalue weighted by atomic mass is 10.3. The SMILES string of the molecule is CN(Cc1ccco1)C(=O)c1ccc(Cn2cccn2)o1. The number of hydrogen-bond acceptors (Lipinski definition) is 4. The number of hydrogen-bond donors (Lipinski definition) is 0. The van der Waals surface area contributed by atoms with E-state index in [-0.39, 0.29) is 5.91 Å². The minimum atomic E-state index is -0.182. The zero-order chi connectivity index (χ0) is 14.7. The molecule has 1 amide bonds. The number of nitrogens with zero attached hydrogens (tertiary/aromatic N) is 3. The average Bonchev–Trinajstić information content (AvgIpc) is 3.20. The van der Waals surface area contributed by atoms with Gasteiger partial charge < -0.3 is 13.7 Å². The number of furan rings is 2. The van der Waals surface area contributed by atoms with Crippen LogP contribution in [0.15, 0.2) is 57.8 Å². The monoisotopic (exact) mass is 285 g/mol. The molecule has 0 aliphatic carbocycles. The van der Waals surface area contributed by atoms with Crippen LogP contribution < -0.4 is 0 Å². The molecule has 3 aromatic heterocycles. The van der Waals surface area contributed by atoms with E-state index in [2.05, 4.69) is 5.10 Å². The predicted molar refractivity (Wildman–Crippen MR) is 74.5 cm³/mol. The second kappa shape index (κ2) is 5.70. The fraction of sp³-hybridized carbons (Fsp3) is 0.200. The van der Waals surface area contributed by atoms with Crippen LogP contribution >= 0.6 is 0 Å². The van der Waals surface area contributed by atoms with Gasteiger partial charge in [0.05, 0.1) is 19.4 Å². The molecular weight excluding hydrogens is 270 g/mol. The number of aromatic nitrogens is 2. The van der Waals surface area contributed by atoms with Crippen molar-refractivity contribution < 1.29 is 13.6 Å². The van der Waals surface area contributed by atoms with Gasteiger partial charge in [0.15, 0.2) is 5.76 Å². The van der Waals surface area contributed by atoms with Crippen molar-refractivity contribution in [3.05, 3.63) is 66.3 Å². The van der Waals surface area contributed by atoms with Crippen molar-refractivity contribution in [3.63, 3.8) is 0 Å². The van der Waals surface area contributed by atoms with Gasteiger partial charge in [0.2, 0.25) is 0 Å². The fourth-order valence-corrected chi connectivity index (χ4v) is 2.03. The van der Waals surface area contributed by atoms with Crippen molar-refractivity contribution in [2.75, 3.05) is 7.05 Å². The summed E-state index contributed by atoms with van der Waals surface area (Å²) in [6.45, 7) is 0.906. The summed E-state index contributed by atoms with van der Waals surface area (Å²) < 4.78 is 12.5. The topological polar surface area (TPSA) is 64.4 Å². The molecule has 6 nitrogen and oxygen atoms in total. The Morgan fingerprint density at radius 2 is 2.19 bits per heavy atom. The van der Waals surface area contributed by atoms with E-state index in [0.29, 0.717) is 24.6 Å². The third kappa shape index (κ3) is 3.05. The molecule has 0 saturated heterocycles. The molecule has 0 spiro atoms. The van der Waals surface area contributed by atoms with Gasteiger partial charge in [-0.2, -0.15) is 5.10 Å². The van der Waals surface area contributed by atoms with E-state index < -0.39 is 0 Å². The maximum absolute atomic E-state index is 12.3. The summed E-state index contributed by atoms with van der Waals surface area (Å²) in [5, 5.41) is 4.10. The van der Waals surface area contributed by atoms with Gasteiger partial charge >= 0.3 is 0 Å². The van der Waals surface area contributed by atoms with Crippen LogP contribution in [0.2, 0.25) is 0 Å². The van der Waals surface area contributed by atoms with E-state index in [4.69, 9.17) is 8.83 Å². The number of carbonyl (C=O) groups is 1. The van der Waals surface area contributed by atoms with Crippen molar-refractivity contribution in [1.29, 1.82) is 0 Å². The molecule has 0 saturated carbocycles. The first-order chi connectivity index (χ1) is 10.2. The van der Waals surface area contributed by atoms with Crippen LogP contribution in [0.1, 0.15) is 22.1 Å². The Kier molecular flexibility index (Phi) is 3.59. The highest BCUT2D eigenvalue weighted by molar-refractivity contribution is 5.91. The molecule has 0 unspecified atom stereocenters. The second-order valence-corrected chi connectivity index (χ2v) is 4.71. The maximum Gasteiger partial charge on any atom is 0.289 e. The second-order valence-electron chi connectivity index (χ2n) is 4.71. The summed E-state index contributed by atoms with van der Waals surface area (Å²) in [6.07, 6.45) is 5.13. The highest BCUT2D eigenvalue weighted by Crippen LogP contribution is 2.13. The molecule has 3 rings (SSSR count). The van der Waals surface area contributed by atoms with Gasteiger partial charge in [-0.25, -0.2) is 0 Å². The fourth-order valence-electron chi connectivity index (χ4n) is 2.03. The maximum atomic E-state index is 12.3.